The Hall–Kier alpha value is -1.06. The van der Waals surface area contributed by atoms with Gasteiger partial charge >= 0.3 is 0 Å². The fourth-order valence-electron chi connectivity index (χ4n) is 1.61. The van der Waals surface area contributed by atoms with Gasteiger partial charge in [-0.2, -0.15) is 0 Å². The van der Waals surface area contributed by atoms with Crippen LogP contribution in [0.5, 0.6) is 0 Å². The van der Waals surface area contributed by atoms with E-state index in [2.05, 4.69) is 30.6 Å². The Morgan fingerprint density at radius 1 is 1.50 bits per heavy atom. The minimum Gasteiger partial charge on any atom is -0.468 e. The van der Waals surface area contributed by atoms with Crippen molar-refractivity contribution >= 4 is 0 Å². The van der Waals surface area contributed by atoms with Crippen molar-refractivity contribution in [2.75, 3.05) is 19.6 Å². The molecule has 1 aromatic rings. The maximum atomic E-state index is 5.52. The lowest BCUT2D eigenvalue weighted by molar-refractivity contribution is 0.280. The quantitative estimate of drug-likeness (QED) is 0.685. The Labute approximate surface area is 98.1 Å². The molecular weight excluding hydrogens is 200 g/mol. The zero-order valence-corrected chi connectivity index (χ0v) is 10.3. The van der Waals surface area contributed by atoms with E-state index in [0.717, 1.165) is 38.5 Å². The summed E-state index contributed by atoms with van der Waals surface area (Å²) >= 11 is 0. The molecule has 0 aliphatic carbocycles. The van der Waals surface area contributed by atoms with Crippen molar-refractivity contribution in [1.82, 2.24) is 10.2 Å². The zero-order chi connectivity index (χ0) is 11.8. The van der Waals surface area contributed by atoms with Gasteiger partial charge in [0.1, 0.15) is 5.76 Å². The largest absolute Gasteiger partial charge is 0.468 e. The fourth-order valence-corrected chi connectivity index (χ4v) is 1.61. The topological polar surface area (TPSA) is 28.4 Å². The van der Waals surface area contributed by atoms with E-state index < -0.39 is 0 Å². The summed E-state index contributed by atoms with van der Waals surface area (Å²) in [5.74, 6) is 1.06. The molecule has 0 amide bonds. The molecule has 90 valence electrons. The molecule has 16 heavy (non-hydrogen) atoms. The van der Waals surface area contributed by atoms with Crippen LogP contribution in [-0.4, -0.2) is 24.5 Å². The van der Waals surface area contributed by atoms with E-state index in [-0.39, 0.29) is 0 Å². The number of furan rings is 1. The van der Waals surface area contributed by atoms with Gasteiger partial charge in [-0.15, -0.1) is 6.58 Å². The maximum Gasteiger partial charge on any atom is 0.122 e. The first-order valence-electron chi connectivity index (χ1n) is 5.91. The number of hydrogen-bond donors (Lipinski definition) is 1. The zero-order valence-electron chi connectivity index (χ0n) is 10.3. The van der Waals surface area contributed by atoms with Crippen LogP contribution in [0.4, 0.5) is 0 Å². The van der Waals surface area contributed by atoms with Gasteiger partial charge in [-0.05, 0) is 19.2 Å². The third-order valence-corrected chi connectivity index (χ3v) is 2.60. The molecule has 0 unspecified atom stereocenters. The molecule has 0 atom stereocenters. The van der Waals surface area contributed by atoms with Gasteiger partial charge in [-0.1, -0.05) is 19.9 Å². The summed E-state index contributed by atoms with van der Waals surface area (Å²) in [6.07, 6.45) is 3.69. The lowest BCUT2D eigenvalue weighted by atomic mass is 10.2. The summed E-state index contributed by atoms with van der Waals surface area (Å²) in [4.78, 5) is 2.29. The van der Waals surface area contributed by atoms with Crippen molar-refractivity contribution in [1.29, 1.82) is 0 Å². The molecule has 1 rings (SSSR count). The number of rotatable bonds is 8. The number of nitrogens with zero attached hydrogens (tertiary/aromatic N) is 1. The normalized spacial score (nSPS) is 10.9. The van der Waals surface area contributed by atoms with Crippen LogP contribution >= 0.6 is 0 Å². The van der Waals surface area contributed by atoms with E-state index in [9.17, 15) is 0 Å². The van der Waals surface area contributed by atoms with Gasteiger partial charge < -0.3 is 9.73 Å². The third-order valence-electron chi connectivity index (χ3n) is 2.60. The van der Waals surface area contributed by atoms with Crippen LogP contribution in [-0.2, 0) is 13.1 Å². The number of hydrogen-bond acceptors (Lipinski definition) is 3. The first-order valence-corrected chi connectivity index (χ1v) is 5.91. The Balaban J connectivity index is 2.57. The minimum atomic E-state index is 0.857. The molecular formula is C13H22N2O. The second-order valence-corrected chi connectivity index (χ2v) is 3.77. The molecule has 0 fully saturated rings. The van der Waals surface area contributed by atoms with Crippen LogP contribution in [0.25, 0.3) is 0 Å². The molecule has 0 radical (unpaired) electrons. The standard InChI is InChI=1S/C13H22N2O/c1-4-8-15(6-3)11-13-12(7-9-16-13)10-14-5-2/h4,7,9,14H,1,5-6,8,10-11H2,2-3H3. The molecule has 1 N–H and O–H groups in total. The van der Waals surface area contributed by atoms with Crippen LogP contribution in [0.3, 0.4) is 0 Å². The van der Waals surface area contributed by atoms with E-state index in [1.165, 1.54) is 5.56 Å². The van der Waals surface area contributed by atoms with Crippen molar-refractivity contribution in [3.8, 4) is 0 Å². The van der Waals surface area contributed by atoms with Crippen molar-refractivity contribution < 1.29 is 4.42 Å². The third kappa shape index (κ3) is 3.83. The fraction of sp³-hybridized carbons (Fsp3) is 0.538. The van der Waals surface area contributed by atoms with Gasteiger partial charge in [0.2, 0.25) is 0 Å². The molecule has 3 heteroatoms. The van der Waals surface area contributed by atoms with Gasteiger partial charge in [-0.3, -0.25) is 4.90 Å². The summed E-state index contributed by atoms with van der Waals surface area (Å²) in [6.45, 7) is 12.7. The summed E-state index contributed by atoms with van der Waals surface area (Å²) in [5.41, 5.74) is 1.25. The molecule has 0 aromatic carbocycles. The van der Waals surface area contributed by atoms with Gasteiger partial charge in [0, 0.05) is 18.7 Å². The highest BCUT2D eigenvalue weighted by Gasteiger charge is 2.09. The number of nitrogens with one attached hydrogen (secondary N) is 1. The molecule has 0 aliphatic heterocycles. The predicted molar refractivity (Wildman–Crippen MR) is 67.2 cm³/mol. The molecule has 0 aliphatic rings. The highest BCUT2D eigenvalue weighted by molar-refractivity contribution is 5.16. The average molecular weight is 222 g/mol. The van der Waals surface area contributed by atoms with E-state index >= 15 is 0 Å². The first kappa shape index (κ1) is 13.0. The number of likely N-dealkylation sites (N-methyl/N-ethyl adjacent to an activating group) is 1. The van der Waals surface area contributed by atoms with Gasteiger partial charge in [0.25, 0.3) is 0 Å². The maximum absolute atomic E-state index is 5.52. The van der Waals surface area contributed by atoms with Gasteiger partial charge in [-0.25, -0.2) is 0 Å². The van der Waals surface area contributed by atoms with Crippen LogP contribution in [0, 0.1) is 0 Å². The van der Waals surface area contributed by atoms with Crippen molar-refractivity contribution in [3.05, 3.63) is 36.3 Å². The van der Waals surface area contributed by atoms with Crippen LogP contribution < -0.4 is 5.32 Å². The van der Waals surface area contributed by atoms with Crippen molar-refractivity contribution in [3.63, 3.8) is 0 Å². The summed E-state index contributed by atoms with van der Waals surface area (Å²) in [5, 5.41) is 3.32. The van der Waals surface area contributed by atoms with E-state index in [1.54, 1.807) is 6.26 Å². The molecule has 0 spiro atoms. The van der Waals surface area contributed by atoms with E-state index in [4.69, 9.17) is 4.42 Å². The SMILES string of the molecule is C=CCN(CC)Cc1occc1CNCC. The van der Waals surface area contributed by atoms with Gasteiger partial charge in [0.05, 0.1) is 12.8 Å². The van der Waals surface area contributed by atoms with Crippen LogP contribution in [0.15, 0.2) is 29.4 Å². The first-order chi connectivity index (χ1) is 7.81. The van der Waals surface area contributed by atoms with E-state index in [0.29, 0.717) is 0 Å². The Morgan fingerprint density at radius 2 is 2.31 bits per heavy atom. The molecule has 0 saturated heterocycles. The minimum absolute atomic E-state index is 0.857. The Morgan fingerprint density at radius 3 is 2.94 bits per heavy atom. The summed E-state index contributed by atoms with van der Waals surface area (Å²) in [7, 11) is 0. The van der Waals surface area contributed by atoms with Crippen LogP contribution in [0.1, 0.15) is 25.2 Å². The Kier molecular flexibility index (Phi) is 5.90. The summed E-state index contributed by atoms with van der Waals surface area (Å²) < 4.78 is 5.52. The molecule has 0 bridgehead atoms. The molecule has 1 heterocycles. The monoisotopic (exact) mass is 222 g/mol. The summed E-state index contributed by atoms with van der Waals surface area (Å²) in [6, 6.07) is 2.04. The highest BCUT2D eigenvalue weighted by Crippen LogP contribution is 2.13. The lowest BCUT2D eigenvalue weighted by Crippen LogP contribution is -2.23. The van der Waals surface area contributed by atoms with Gasteiger partial charge in [0.15, 0.2) is 0 Å². The van der Waals surface area contributed by atoms with Crippen LogP contribution in [0.2, 0.25) is 0 Å². The smallest absolute Gasteiger partial charge is 0.122 e. The van der Waals surface area contributed by atoms with Crippen molar-refractivity contribution in [2.45, 2.75) is 26.9 Å². The molecule has 0 saturated carbocycles. The highest BCUT2D eigenvalue weighted by atomic mass is 16.3. The van der Waals surface area contributed by atoms with E-state index in [1.807, 2.05) is 12.1 Å². The molecule has 1 aromatic heterocycles. The average Bonchev–Trinajstić information content (AvgIpc) is 2.73. The molecule has 3 nitrogen and oxygen atoms in total. The second kappa shape index (κ2) is 7.25. The lowest BCUT2D eigenvalue weighted by Gasteiger charge is -2.17. The Bertz CT molecular complexity index is 307. The second-order valence-electron chi connectivity index (χ2n) is 3.77. The van der Waals surface area contributed by atoms with Crippen molar-refractivity contribution in [2.24, 2.45) is 0 Å². The predicted octanol–water partition coefficient (Wildman–Crippen LogP) is 2.40.